The second-order valence-corrected chi connectivity index (χ2v) is 10.5. The number of carbonyl (C=O) groups is 1. The molecule has 1 amide bonds. The van der Waals surface area contributed by atoms with Crippen molar-refractivity contribution in [3.63, 3.8) is 0 Å². The average molecular weight is 428 g/mol. The van der Waals surface area contributed by atoms with E-state index >= 15 is 0 Å². The van der Waals surface area contributed by atoms with Crippen LogP contribution >= 0.6 is 11.6 Å². The molecule has 0 saturated carbocycles. The fourth-order valence-corrected chi connectivity index (χ4v) is 6.18. The summed E-state index contributed by atoms with van der Waals surface area (Å²) in [6.45, 7) is 9.75. The van der Waals surface area contributed by atoms with Gasteiger partial charge in [-0.2, -0.15) is 0 Å². The van der Waals surface area contributed by atoms with Crippen LogP contribution < -0.4 is 4.90 Å². The molecule has 6 nitrogen and oxygen atoms in total. The van der Waals surface area contributed by atoms with E-state index in [0.717, 1.165) is 36.9 Å². The molecule has 3 rings (SSSR count). The number of likely N-dealkylation sites (N-methyl/N-ethyl adjacent to an activating group) is 1. The minimum absolute atomic E-state index is 0.0389. The van der Waals surface area contributed by atoms with Gasteiger partial charge in [-0.15, -0.1) is 0 Å². The fraction of sp³-hybridized carbons (Fsp3) is 0.650. The Labute approximate surface area is 173 Å². The van der Waals surface area contributed by atoms with E-state index in [0.29, 0.717) is 13.0 Å². The Morgan fingerprint density at radius 3 is 2.54 bits per heavy atom. The molecule has 2 unspecified atom stereocenters. The summed E-state index contributed by atoms with van der Waals surface area (Å²) in [6, 6.07) is 5.51. The molecule has 2 atom stereocenters. The maximum Gasteiger partial charge on any atom is 0.239 e. The van der Waals surface area contributed by atoms with Crippen LogP contribution in [0.2, 0.25) is 5.02 Å². The van der Waals surface area contributed by atoms with Crippen molar-refractivity contribution in [3.05, 3.63) is 28.8 Å². The molecule has 0 aromatic heterocycles. The van der Waals surface area contributed by atoms with Crippen LogP contribution in [0, 0.1) is 6.92 Å². The Hall–Kier alpha value is -1.31. The number of rotatable bonds is 5. The van der Waals surface area contributed by atoms with Crippen LogP contribution in [0.25, 0.3) is 0 Å². The van der Waals surface area contributed by atoms with Crippen molar-refractivity contribution in [2.75, 3.05) is 49.1 Å². The smallest absolute Gasteiger partial charge is 0.239 e. The Bertz CT molecular complexity index is 822. The first-order valence-electron chi connectivity index (χ1n) is 9.98. The third kappa shape index (κ3) is 4.63. The molecule has 2 heterocycles. The number of aryl methyl sites for hydroxylation is 1. The first kappa shape index (κ1) is 21.4. The molecule has 0 radical (unpaired) electrons. The van der Waals surface area contributed by atoms with E-state index in [1.807, 2.05) is 32.0 Å². The molecule has 1 aromatic rings. The van der Waals surface area contributed by atoms with Gasteiger partial charge in [0, 0.05) is 49.5 Å². The summed E-state index contributed by atoms with van der Waals surface area (Å²) in [5, 5.41) is 0.733. The van der Waals surface area contributed by atoms with E-state index in [1.54, 1.807) is 4.90 Å². The summed E-state index contributed by atoms with van der Waals surface area (Å²) in [5.74, 6) is 0.325. The molecule has 1 aromatic carbocycles. The minimum Gasteiger partial charge on any atom is -0.369 e. The van der Waals surface area contributed by atoms with Gasteiger partial charge < -0.3 is 9.80 Å². The first-order valence-corrected chi connectivity index (χ1v) is 12.2. The lowest BCUT2D eigenvalue weighted by atomic mass is 10.1. The van der Waals surface area contributed by atoms with Crippen molar-refractivity contribution >= 4 is 33.0 Å². The highest BCUT2D eigenvalue weighted by Gasteiger charge is 2.37. The molecule has 2 fully saturated rings. The van der Waals surface area contributed by atoms with Gasteiger partial charge in [0.15, 0.2) is 9.84 Å². The van der Waals surface area contributed by atoms with Crippen molar-refractivity contribution in [3.8, 4) is 0 Å². The van der Waals surface area contributed by atoms with E-state index in [2.05, 4.69) is 16.7 Å². The molecule has 0 N–H and O–H groups in total. The standard InChI is InChI=1S/C20H30ClN3O3S/c1-4-24(18-7-12-28(26,27)14-18)20(25)16(3)22-8-10-23(11-9-22)19-13-17(21)6-5-15(19)2/h5-6,13,16,18H,4,7-12,14H2,1-3H3. The first-order chi connectivity index (χ1) is 13.2. The molecule has 28 heavy (non-hydrogen) atoms. The predicted octanol–water partition coefficient (Wildman–Crippen LogP) is 2.19. The van der Waals surface area contributed by atoms with Gasteiger partial charge in [-0.3, -0.25) is 9.69 Å². The summed E-state index contributed by atoms with van der Waals surface area (Å²) in [4.78, 5) is 19.4. The highest BCUT2D eigenvalue weighted by molar-refractivity contribution is 7.91. The van der Waals surface area contributed by atoms with Gasteiger partial charge in [0.05, 0.1) is 17.5 Å². The van der Waals surface area contributed by atoms with Crippen LogP contribution in [-0.2, 0) is 14.6 Å². The largest absolute Gasteiger partial charge is 0.369 e. The van der Waals surface area contributed by atoms with E-state index in [4.69, 9.17) is 11.6 Å². The second-order valence-electron chi connectivity index (χ2n) is 7.81. The molecule has 0 bridgehead atoms. The zero-order chi connectivity index (χ0) is 20.5. The van der Waals surface area contributed by atoms with Gasteiger partial charge in [-0.05, 0) is 44.9 Å². The number of carbonyl (C=O) groups excluding carboxylic acids is 1. The third-order valence-corrected chi connectivity index (χ3v) is 7.99. The average Bonchev–Trinajstić information content (AvgIpc) is 3.03. The van der Waals surface area contributed by atoms with Crippen molar-refractivity contribution < 1.29 is 13.2 Å². The summed E-state index contributed by atoms with van der Waals surface area (Å²) in [5.41, 5.74) is 2.35. The SMILES string of the molecule is CCN(C(=O)C(C)N1CCN(c2cc(Cl)ccc2C)CC1)C1CCS(=O)(=O)C1. The normalized spacial score (nSPS) is 23.6. The van der Waals surface area contributed by atoms with Gasteiger partial charge in [0.2, 0.25) is 5.91 Å². The molecule has 2 aliphatic rings. The summed E-state index contributed by atoms with van der Waals surface area (Å²) < 4.78 is 23.6. The maximum absolute atomic E-state index is 13.1. The van der Waals surface area contributed by atoms with Crippen LogP contribution in [0.1, 0.15) is 25.8 Å². The summed E-state index contributed by atoms with van der Waals surface area (Å²) in [6.07, 6.45) is 0.552. The number of halogens is 1. The molecule has 0 aliphatic carbocycles. The van der Waals surface area contributed by atoms with Gasteiger partial charge in [-0.25, -0.2) is 8.42 Å². The fourth-order valence-electron chi connectivity index (χ4n) is 4.28. The van der Waals surface area contributed by atoms with E-state index in [-0.39, 0.29) is 29.5 Å². The Morgan fingerprint density at radius 1 is 1.29 bits per heavy atom. The van der Waals surface area contributed by atoms with E-state index in [1.165, 1.54) is 5.56 Å². The van der Waals surface area contributed by atoms with Gasteiger partial charge in [-0.1, -0.05) is 17.7 Å². The van der Waals surface area contributed by atoms with Crippen LogP contribution in [0.5, 0.6) is 0 Å². The number of amides is 1. The monoisotopic (exact) mass is 427 g/mol. The second kappa shape index (κ2) is 8.59. The van der Waals surface area contributed by atoms with Crippen molar-refractivity contribution in [1.82, 2.24) is 9.80 Å². The Balaban J connectivity index is 1.61. The van der Waals surface area contributed by atoms with Crippen LogP contribution in [-0.4, -0.2) is 80.4 Å². The zero-order valence-corrected chi connectivity index (χ0v) is 18.5. The number of anilines is 1. The van der Waals surface area contributed by atoms with Gasteiger partial charge in [0.1, 0.15) is 0 Å². The molecule has 2 aliphatic heterocycles. The number of benzene rings is 1. The van der Waals surface area contributed by atoms with Gasteiger partial charge in [0.25, 0.3) is 0 Å². The minimum atomic E-state index is -3.01. The lowest BCUT2D eigenvalue weighted by Crippen LogP contribution is -2.56. The molecule has 2 saturated heterocycles. The number of nitrogens with zero attached hydrogens (tertiary/aromatic N) is 3. The quantitative estimate of drug-likeness (QED) is 0.720. The molecule has 8 heteroatoms. The van der Waals surface area contributed by atoms with Crippen molar-refractivity contribution in [2.24, 2.45) is 0 Å². The predicted molar refractivity (Wildman–Crippen MR) is 114 cm³/mol. The summed E-state index contributed by atoms with van der Waals surface area (Å²) in [7, 11) is -3.01. The van der Waals surface area contributed by atoms with Crippen LogP contribution in [0.15, 0.2) is 18.2 Å². The van der Waals surface area contributed by atoms with E-state index < -0.39 is 9.84 Å². The number of sulfone groups is 1. The van der Waals surface area contributed by atoms with Crippen molar-refractivity contribution in [1.29, 1.82) is 0 Å². The van der Waals surface area contributed by atoms with Crippen molar-refractivity contribution in [2.45, 2.75) is 39.3 Å². The Kier molecular flexibility index (Phi) is 6.57. The maximum atomic E-state index is 13.1. The highest BCUT2D eigenvalue weighted by Crippen LogP contribution is 2.26. The topological polar surface area (TPSA) is 60.9 Å². The lowest BCUT2D eigenvalue weighted by molar-refractivity contribution is -0.138. The Morgan fingerprint density at radius 2 is 1.96 bits per heavy atom. The van der Waals surface area contributed by atoms with Gasteiger partial charge >= 0.3 is 0 Å². The highest BCUT2D eigenvalue weighted by atomic mass is 35.5. The molecular formula is C20H30ClN3O3S. The third-order valence-electron chi connectivity index (χ3n) is 6.00. The summed E-state index contributed by atoms with van der Waals surface area (Å²) >= 11 is 6.16. The zero-order valence-electron chi connectivity index (χ0n) is 16.9. The number of piperazine rings is 1. The molecule has 0 spiro atoms. The molecular weight excluding hydrogens is 398 g/mol. The number of hydrogen-bond acceptors (Lipinski definition) is 5. The number of hydrogen-bond donors (Lipinski definition) is 0. The van der Waals surface area contributed by atoms with Crippen LogP contribution in [0.3, 0.4) is 0 Å². The lowest BCUT2D eigenvalue weighted by Gasteiger charge is -2.41. The van der Waals surface area contributed by atoms with E-state index in [9.17, 15) is 13.2 Å². The van der Waals surface area contributed by atoms with Crippen LogP contribution in [0.4, 0.5) is 5.69 Å². The molecule has 156 valence electrons.